The van der Waals surface area contributed by atoms with Crippen LogP contribution >= 0.6 is 0 Å². The minimum absolute atomic E-state index is 0.0366. The predicted molar refractivity (Wildman–Crippen MR) is 138 cm³/mol. The second-order valence-corrected chi connectivity index (χ2v) is 9.00. The van der Waals surface area contributed by atoms with Crippen molar-refractivity contribution in [3.05, 3.63) is 87.5 Å². The SMILES string of the molecule is CCC(C)(C)c1ccc(OCC(=O)Nc2nc3c(C#N)c(-c4ccccc4)cn3c(=O)/c2=C/O)cc1. The van der Waals surface area contributed by atoms with Crippen LogP contribution in [0.1, 0.15) is 38.3 Å². The molecule has 0 bridgehead atoms. The fourth-order valence-electron chi connectivity index (χ4n) is 3.84. The molecule has 8 heteroatoms. The number of anilines is 1. The molecule has 0 saturated heterocycles. The first-order valence-corrected chi connectivity index (χ1v) is 11.5. The molecule has 0 fully saturated rings. The number of hydrogen-bond acceptors (Lipinski definition) is 6. The molecule has 0 radical (unpaired) electrons. The summed E-state index contributed by atoms with van der Waals surface area (Å²) in [4.78, 5) is 30.0. The van der Waals surface area contributed by atoms with Gasteiger partial charge in [-0.25, -0.2) is 4.98 Å². The molecule has 4 aromatic rings. The summed E-state index contributed by atoms with van der Waals surface area (Å²) in [7, 11) is 0. The number of hydrogen-bond donors (Lipinski definition) is 2. The van der Waals surface area contributed by atoms with E-state index in [-0.39, 0.29) is 34.3 Å². The number of fused-ring (bicyclic) bond motifs is 1. The van der Waals surface area contributed by atoms with Crippen molar-refractivity contribution < 1.29 is 14.6 Å². The van der Waals surface area contributed by atoms with E-state index in [2.05, 4.69) is 37.1 Å². The van der Waals surface area contributed by atoms with Crippen molar-refractivity contribution in [2.45, 2.75) is 32.6 Å². The van der Waals surface area contributed by atoms with Crippen LogP contribution in [-0.4, -0.2) is 27.0 Å². The highest BCUT2D eigenvalue weighted by Crippen LogP contribution is 2.28. The highest BCUT2D eigenvalue weighted by atomic mass is 16.5. The van der Waals surface area contributed by atoms with Crippen LogP contribution in [0.4, 0.5) is 5.82 Å². The third-order valence-corrected chi connectivity index (χ3v) is 6.37. The smallest absolute Gasteiger partial charge is 0.270 e. The number of aliphatic hydroxyl groups is 1. The van der Waals surface area contributed by atoms with Gasteiger partial charge in [0.1, 0.15) is 22.6 Å². The molecule has 0 spiro atoms. The Kier molecular flexibility index (Phi) is 6.75. The van der Waals surface area contributed by atoms with E-state index >= 15 is 0 Å². The Labute approximate surface area is 208 Å². The zero-order valence-electron chi connectivity index (χ0n) is 20.3. The molecular weight excluding hydrogens is 456 g/mol. The maximum Gasteiger partial charge on any atom is 0.270 e. The Balaban J connectivity index is 1.60. The zero-order valence-corrected chi connectivity index (χ0v) is 20.3. The summed E-state index contributed by atoms with van der Waals surface area (Å²) in [5.74, 6) is -0.202. The standard InChI is InChI=1S/C28H26N4O4/c1-4-28(2,3)19-10-12-20(13-11-19)36-17-24(34)30-25-23(16-33)27(35)32-15-22(18-8-6-5-7-9-18)21(14-29)26(32)31-25/h5-13,15-16,33H,4,17H2,1-3H3,(H,30,31,34)/b23-16+. The molecule has 4 rings (SSSR count). The Hall–Kier alpha value is -4.64. The first-order chi connectivity index (χ1) is 17.3. The molecule has 0 aliphatic rings. The zero-order chi connectivity index (χ0) is 25.9. The van der Waals surface area contributed by atoms with Crippen LogP contribution in [0.5, 0.6) is 5.75 Å². The topological polar surface area (TPSA) is 117 Å². The van der Waals surface area contributed by atoms with E-state index in [1.54, 1.807) is 12.1 Å². The van der Waals surface area contributed by atoms with Crippen LogP contribution < -0.4 is 20.8 Å². The summed E-state index contributed by atoms with van der Waals surface area (Å²) in [6.07, 6.45) is 3.08. The average molecular weight is 483 g/mol. The minimum Gasteiger partial charge on any atom is -0.515 e. The highest BCUT2D eigenvalue weighted by molar-refractivity contribution is 5.91. The van der Waals surface area contributed by atoms with Gasteiger partial charge in [-0.05, 0) is 35.1 Å². The summed E-state index contributed by atoms with van der Waals surface area (Å²) in [5, 5.41) is 21.8. The lowest BCUT2D eigenvalue weighted by atomic mass is 9.82. The third kappa shape index (κ3) is 4.64. The second kappa shape index (κ2) is 9.92. The van der Waals surface area contributed by atoms with E-state index in [0.717, 1.165) is 12.0 Å². The molecule has 2 aromatic heterocycles. The van der Waals surface area contributed by atoms with Gasteiger partial charge >= 0.3 is 0 Å². The number of nitriles is 1. The van der Waals surface area contributed by atoms with Gasteiger partial charge < -0.3 is 15.2 Å². The first kappa shape index (κ1) is 24.5. The van der Waals surface area contributed by atoms with Gasteiger partial charge in [0.05, 0.1) is 6.26 Å². The Morgan fingerprint density at radius 2 is 1.89 bits per heavy atom. The van der Waals surface area contributed by atoms with Gasteiger partial charge in [0, 0.05) is 11.8 Å². The molecule has 1 amide bonds. The molecule has 36 heavy (non-hydrogen) atoms. The van der Waals surface area contributed by atoms with Crippen molar-refractivity contribution in [3.63, 3.8) is 0 Å². The van der Waals surface area contributed by atoms with Gasteiger partial charge in [-0.3, -0.25) is 14.0 Å². The monoisotopic (exact) mass is 482 g/mol. The molecule has 0 atom stereocenters. The number of aromatic nitrogens is 2. The average Bonchev–Trinajstić information content (AvgIpc) is 3.27. The van der Waals surface area contributed by atoms with Gasteiger partial charge in [-0.1, -0.05) is 63.2 Å². The molecule has 0 unspecified atom stereocenters. The Morgan fingerprint density at radius 3 is 2.50 bits per heavy atom. The molecule has 182 valence electrons. The first-order valence-electron chi connectivity index (χ1n) is 11.5. The quantitative estimate of drug-likeness (QED) is 0.412. The lowest BCUT2D eigenvalue weighted by Crippen LogP contribution is -2.36. The van der Waals surface area contributed by atoms with Gasteiger partial charge in [0.2, 0.25) is 0 Å². The molecule has 0 aliphatic heterocycles. The van der Waals surface area contributed by atoms with Crippen molar-refractivity contribution in [2.75, 3.05) is 11.9 Å². The van der Waals surface area contributed by atoms with Gasteiger partial charge in [-0.15, -0.1) is 0 Å². The van der Waals surface area contributed by atoms with Gasteiger partial charge in [0.15, 0.2) is 18.1 Å². The summed E-state index contributed by atoms with van der Waals surface area (Å²) in [5.41, 5.74) is 2.11. The number of benzene rings is 2. The van der Waals surface area contributed by atoms with E-state index in [4.69, 9.17) is 4.74 Å². The number of carbonyl (C=O) groups excluding carboxylic acids is 1. The van der Waals surface area contributed by atoms with E-state index in [1.807, 2.05) is 42.5 Å². The fourth-order valence-corrected chi connectivity index (χ4v) is 3.84. The van der Waals surface area contributed by atoms with Crippen LogP contribution in [0.2, 0.25) is 0 Å². The molecule has 2 N–H and O–H groups in total. The normalized spacial score (nSPS) is 11.9. The van der Waals surface area contributed by atoms with E-state index in [9.17, 15) is 20.0 Å². The van der Waals surface area contributed by atoms with Crippen LogP contribution in [0.15, 0.2) is 65.6 Å². The minimum atomic E-state index is -0.619. The number of rotatable bonds is 7. The van der Waals surface area contributed by atoms with E-state index in [1.165, 1.54) is 16.2 Å². The van der Waals surface area contributed by atoms with Crippen LogP contribution in [0.25, 0.3) is 23.0 Å². The molecule has 0 aliphatic carbocycles. The maximum absolute atomic E-state index is 13.0. The predicted octanol–water partition coefficient (Wildman–Crippen LogP) is 3.95. The van der Waals surface area contributed by atoms with Crippen LogP contribution in [0, 0.1) is 11.3 Å². The lowest BCUT2D eigenvalue weighted by molar-refractivity contribution is -0.118. The van der Waals surface area contributed by atoms with Crippen molar-refractivity contribution in [2.24, 2.45) is 0 Å². The van der Waals surface area contributed by atoms with Crippen LogP contribution in [-0.2, 0) is 10.2 Å². The Bertz CT molecular complexity index is 1570. The van der Waals surface area contributed by atoms with Gasteiger partial charge in [-0.2, -0.15) is 5.26 Å². The van der Waals surface area contributed by atoms with E-state index in [0.29, 0.717) is 17.6 Å². The molecular formula is C28H26N4O4. The van der Waals surface area contributed by atoms with Gasteiger partial charge in [0.25, 0.3) is 11.5 Å². The number of nitrogens with one attached hydrogen (secondary N) is 1. The third-order valence-electron chi connectivity index (χ3n) is 6.37. The van der Waals surface area contributed by atoms with Crippen molar-refractivity contribution in [1.29, 1.82) is 5.26 Å². The maximum atomic E-state index is 13.0. The van der Waals surface area contributed by atoms with Crippen LogP contribution in [0.3, 0.4) is 0 Å². The molecule has 8 nitrogen and oxygen atoms in total. The van der Waals surface area contributed by atoms with Crippen molar-refractivity contribution >= 4 is 23.6 Å². The van der Waals surface area contributed by atoms with E-state index < -0.39 is 11.5 Å². The molecule has 2 heterocycles. The number of amides is 1. The number of aliphatic hydroxyl groups excluding tert-OH is 1. The number of ether oxygens (including phenoxy) is 1. The largest absolute Gasteiger partial charge is 0.515 e. The number of carbonyl (C=O) groups is 1. The Morgan fingerprint density at radius 1 is 1.19 bits per heavy atom. The van der Waals surface area contributed by atoms with Crippen molar-refractivity contribution in [1.82, 2.24) is 9.38 Å². The molecule has 0 saturated carbocycles. The van der Waals surface area contributed by atoms with Crippen molar-refractivity contribution in [3.8, 4) is 22.9 Å². The lowest BCUT2D eigenvalue weighted by Gasteiger charge is -2.23. The summed E-state index contributed by atoms with van der Waals surface area (Å²) in [6, 6.07) is 18.8. The summed E-state index contributed by atoms with van der Waals surface area (Å²) in [6.45, 7) is 6.11. The summed E-state index contributed by atoms with van der Waals surface area (Å²) < 4.78 is 6.78. The summed E-state index contributed by atoms with van der Waals surface area (Å²) >= 11 is 0. The number of nitrogens with zero attached hydrogens (tertiary/aromatic N) is 3. The second-order valence-electron chi connectivity index (χ2n) is 9.00. The highest BCUT2D eigenvalue weighted by Gasteiger charge is 2.20. The fraction of sp³-hybridized carbons (Fsp3) is 0.214. The molecule has 2 aromatic carbocycles.